The van der Waals surface area contributed by atoms with Gasteiger partial charge in [-0.3, -0.25) is 9.69 Å². The summed E-state index contributed by atoms with van der Waals surface area (Å²) in [6, 6.07) is 12.8. The molecule has 1 saturated heterocycles. The van der Waals surface area contributed by atoms with Gasteiger partial charge in [-0.05, 0) is 48.7 Å². The van der Waals surface area contributed by atoms with E-state index in [0.717, 1.165) is 35.4 Å². The van der Waals surface area contributed by atoms with E-state index in [1.54, 1.807) is 7.11 Å². The summed E-state index contributed by atoms with van der Waals surface area (Å²) in [5.74, 6) is 0.793. The third kappa shape index (κ3) is 7.21. The zero-order chi connectivity index (χ0) is 24.7. The highest BCUT2D eigenvalue weighted by atomic mass is 19.4. The lowest BCUT2D eigenvalue weighted by Gasteiger charge is -2.37. The Morgan fingerprint density at radius 1 is 1.15 bits per heavy atom. The minimum atomic E-state index is -4.33. The third-order valence-corrected chi connectivity index (χ3v) is 6.27. The van der Waals surface area contributed by atoms with Crippen molar-refractivity contribution in [3.8, 4) is 5.75 Å². The van der Waals surface area contributed by atoms with Crippen LogP contribution in [0.1, 0.15) is 37.0 Å². The van der Waals surface area contributed by atoms with Gasteiger partial charge in [-0.15, -0.1) is 0 Å². The van der Waals surface area contributed by atoms with Crippen molar-refractivity contribution >= 4 is 5.91 Å². The molecule has 0 aromatic heterocycles. The number of carbonyl (C=O) groups is 1. The van der Waals surface area contributed by atoms with Gasteiger partial charge in [0.15, 0.2) is 0 Å². The number of amides is 1. The molecule has 0 N–H and O–H groups in total. The van der Waals surface area contributed by atoms with Gasteiger partial charge in [0.25, 0.3) is 0 Å². The maximum absolute atomic E-state index is 13.2. The molecule has 0 bridgehead atoms. The number of hydrogen-bond donors (Lipinski definition) is 0. The molecule has 0 radical (unpaired) electrons. The van der Waals surface area contributed by atoms with E-state index in [1.165, 1.54) is 12.1 Å². The molecule has 1 heterocycles. The molecule has 8 heteroatoms. The molecule has 1 amide bonds. The molecule has 186 valence electrons. The SMILES string of the molecule is CCC(C)N(CC1CN(Cc2ccc(C(F)(F)F)cc2)CCO1)C(=O)Cc1ccc(OC)cc1. The van der Waals surface area contributed by atoms with Crippen molar-refractivity contribution < 1.29 is 27.4 Å². The van der Waals surface area contributed by atoms with Crippen molar-refractivity contribution in [1.82, 2.24) is 9.80 Å². The number of nitrogens with zero attached hydrogens (tertiary/aromatic N) is 2. The van der Waals surface area contributed by atoms with Gasteiger partial charge >= 0.3 is 6.18 Å². The maximum atomic E-state index is 13.2. The molecular formula is C26H33F3N2O3. The number of rotatable bonds is 9. The highest BCUT2D eigenvalue weighted by Gasteiger charge is 2.30. The molecule has 1 aliphatic rings. The molecule has 5 nitrogen and oxygen atoms in total. The first kappa shape index (κ1) is 26.0. The number of carbonyl (C=O) groups excluding carboxylic acids is 1. The van der Waals surface area contributed by atoms with Gasteiger partial charge in [0, 0.05) is 32.2 Å². The van der Waals surface area contributed by atoms with Gasteiger partial charge in [-0.1, -0.05) is 31.2 Å². The van der Waals surface area contributed by atoms with Crippen molar-refractivity contribution in [3.63, 3.8) is 0 Å². The second-order valence-corrected chi connectivity index (χ2v) is 8.75. The minimum Gasteiger partial charge on any atom is -0.497 e. The first-order chi connectivity index (χ1) is 16.2. The fourth-order valence-corrected chi connectivity index (χ4v) is 4.08. The van der Waals surface area contributed by atoms with Crippen LogP contribution in [0.3, 0.4) is 0 Å². The van der Waals surface area contributed by atoms with Crippen LogP contribution in [-0.4, -0.2) is 61.2 Å². The number of alkyl halides is 3. The summed E-state index contributed by atoms with van der Waals surface area (Å²) in [4.78, 5) is 17.2. The molecule has 0 spiro atoms. The van der Waals surface area contributed by atoms with E-state index < -0.39 is 11.7 Å². The maximum Gasteiger partial charge on any atom is 0.416 e. The summed E-state index contributed by atoms with van der Waals surface area (Å²) < 4.78 is 49.6. The van der Waals surface area contributed by atoms with E-state index in [1.807, 2.05) is 36.1 Å². The van der Waals surface area contributed by atoms with Crippen LogP contribution in [0.5, 0.6) is 5.75 Å². The summed E-state index contributed by atoms with van der Waals surface area (Å²) in [6.45, 7) is 6.94. The van der Waals surface area contributed by atoms with Crippen LogP contribution >= 0.6 is 0 Å². The minimum absolute atomic E-state index is 0.0444. The van der Waals surface area contributed by atoms with E-state index in [0.29, 0.717) is 39.2 Å². The largest absolute Gasteiger partial charge is 0.497 e. The molecule has 2 aromatic rings. The Labute approximate surface area is 199 Å². The van der Waals surface area contributed by atoms with Crippen molar-refractivity contribution in [3.05, 3.63) is 65.2 Å². The Hall–Kier alpha value is -2.58. The number of morpholine rings is 1. The lowest BCUT2D eigenvalue weighted by Crippen LogP contribution is -2.50. The normalized spacial score (nSPS) is 17.9. The topological polar surface area (TPSA) is 42.0 Å². The summed E-state index contributed by atoms with van der Waals surface area (Å²) >= 11 is 0. The van der Waals surface area contributed by atoms with Gasteiger partial charge in [-0.2, -0.15) is 13.2 Å². The van der Waals surface area contributed by atoms with Crippen LogP contribution in [0.2, 0.25) is 0 Å². The predicted molar refractivity (Wildman–Crippen MR) is 125 cm³/mol. The molecule has 2 atom stereocenters. The van der Waals surface area contributed by atoms with Crippen LogP contribution < -0.4 is 4.74 Å². The molecule has 3 rings (SSSR count). The van der Waals surface area contributed by atoms with Crippen LogP contribution in [0.25, 0.3) is 0 Å². The molecule has 1 fully saturated rings. The Morgan fingerprint density at radius 2 is 1.79 bits per heavy atom. The molecule has 0 saturated carbocycles. The van der Waals surface area contributed by atoms with Crippen molar-refractivity contribution in [2.45, 2.75) is 51.6 Å². The Bertz CT molecular complexity index is 916. The van der Waals surface area contributed by atoms with Gasteiger partial charge in [0.1, 0.15) is 5.75 Å². The van der Waals surface area contributed by atoms with Crippen molar-refractivity contribution in [2.24, 2.45) is 0 Å². The standard InChI is InChI=1S/C26H33F3N2O3/c1-4-19(2)31(25(32)15-20-7-11-23(33-3)12-8-20)18-24-17-30(13-14-34-24)16-21-5-9-22(10-6-21)26(27,28)29/h5-12,19,24H,4,13-18H2,1-3H3. The summed E-state index contributed by atoms with van der Waals surface area (Å²) in [7, 11) is 1.61. The van der Waals surface area contributed by atoms with Crippen LogP contribution in [0, 0.1) is 0 Å². The van der Waals surface area contributed by atoms with Gasteiger partial charge in [0.2, 0.25) is 5.91 Å². The van der Waals surface area contributed by atoms with Crippen LogP contribution in [-0.2, 0) is 28.7 Å². The monoisotopic (exact) mass is 478 g/mol. The average molecular weight is 479 g/mol. The highest BCUT2D eigenvalue weighted by molar-refractivity contribution is 5.79. The van der Waals surface area contributed by atoms with E-state index in [9.17, 15) is 18.0 Å². The highest BCUT2D eigenvalue weighted by Crippen LogP contribution is 2.29. The second-order valence-electron chi connectivity index (χ2n) is 8.75. The Kier molecular flexibility index (Phi) is 8.97. The molecule has 34 heavy (non-hydrogen) atoms. The Morgan fingerprint density at radius 3 is 2.38 bits per heavy atom. The molecule has 2 unspecified atom stereocenters. The summed E-state index contributed by atoms with van der Waals surface area (Å²) in [5.41, 5.74) is 1.10. The summed E-state index contributed by atoms with van der Waals surface area (Å²) in [6.07, 6.45) is -3.36. The number of benzene rings is 2. The lowest BCUT2D eigenvalue weighted by atomic mass is 10.1. The number of hydrogen-bond acceptors (Lipinski definition) is 4. The number of halogens is 3. The van der Waals surface area contributed by atoms with E-state index >= 15 is 0 Å². The van der Waals surface area contributed by atoms with E-state index in [-0.39, 0.29) is 18.1 Å². The summed E-state index contributed by atoms with van der Waals surface area (Å²) in [5, 5.41) is 0. The quantitative estimate of drug-likeness (QED) is 0.520. The molecule has 1 aliphatic heterocycles. The average Bonchev–Trinajstić information content (AvgIpc) is 2.82. The first-order valence-corrected chi connectivity index (χ1v) is 11.6. The van der Waals surface area contributed by atoms with Gasteiger partial charge in [-0.25, -0.2) is 0 Å². The van der Waals surface area contributed by atoms with Crippen LogP contribution in [0.4, 0.5) is 13.2 Å². The third-order valence-electron chi connectivity index (χ3n) is 6.27. The van der Waals surface area contributed by atoms with Gasteiger partial charge < -0.3 is 14.4 Å². The zero-order valence-corrected chi connectivity index (χ0v) is 20.0. The Balaban J connectivity index is 1.60. The first-order valence-electron chi connectivity index (χ1n) is 11.6. The molecule has 0 aliphatic carbocycles. The smallest absolute Gasteiger partial charge is 0.416 e. The predicted octanol–water partition coefficient (Wildman–Crippen LogP) is 4.78. The number of ether oxygens (including phenoxy) is 2. The fraction of sp³-hybridized carbons (Fsp3) is 0.500. The number of methoxy groups -OCH3 is 1. The molecular weight excluding hydrogens is 445 g/mol. The zero-order valence-electron chi connectivity index (χ0n) is 20.0. The van der Waals surface area contributed by atoms with E-state index in [2.05, 4.69) is 11.8 Å². The van der Waals surface area contributed by atoms with Crippen molar-refractivity contribution in [1.29, 1.82) is 0 Å². The lowest BCUT2D eigenvalue weighted by molar-refractivity contribution is -0.138. The fourth-order valence-electron chi connectivity index (χ4n) is 4.08. The van der Waals surface area contributed by atoms with E-state index in [4.69, 9.17) is 9.47 Å². The molecule has 2 aromatic carbocycles. The van der Waals surface area contributed by atoms with Gasteiger partial charge in [0.05, 0.1) is 31.8 Å². The second kappa shape index (κ2) is 11.7. The van der Waals surface area contributed by atoms with Crippen LogP contribution in [0.15, 0.2) is 48.5 Å². The van der Waals surface area contributed by atoms with Crippen molar-refractivity contribution in [2.75, 3.05) is 33.4 Å².